The maximum absolute atomic E-state index is 11.9. The molecule has 1 aromatic carbocycles. The van der Waals surface area contributed by atoms with E-state index in [9.17, 15) is 8.42 Å². The van der Waals surface area contributed by atoms with E-state index in [1.165, 1.54) is 4.31 Å². The highest BCUT2D eigenvalue weighted by atomic mass is 32.2. The van der Waals surface area contributed by atoms with Crippen LogP contribution in [0.15, 0.2) is 18.2 Å². The first-order valence-electron chi connectivity index (χ1n) is 5.75. The number of sulfonamides is 1. The van der Waals surface area contributed by atoms with Crippen molar-refractivity contribution in [3.63, 3.8) is 0 Å². The van der Waals surface area contributed by atoms with Gasteiger partial charge >= 0.3 is 0 Å². The maximum atomic E-state index is 11.9. The number of anilines is 1. The Bertz CT molecular complexity index is 611. The Balaban J connectivity index is 2.50. The molecule has 5 heteroatoms. The van der Waals surface area contributed by atoms with Gasteiger partial charge in [0, 0.05) is 12.1 Å². The third kappa shape index (κ3) is 2.50. The molecule has 1 aliphatic rings. The molecule has 1 fully saturated rings. The summed E-state index contributed by atoms with van der Waals surface area (Å²) < 4.78 is 25.2. The van der Waals surface area contributed by atoms with Crippen molar-refractivity contribution < 1.29 is 13.5 Å². The second-order valence-corrected chi connectivity index (χ2v) is 6.24. The summed E-state index contributed by atoms with van der Waals surface area (Å²) in [6, 6.07) is 5.48. The SMILES string of the molecule is Cc1ccc(N2CCCS2(=O)=O)c(C#CCO)c1. The molecule has 0 spiro atoms. The minimum absolute atomic E-state index is 0.188. The molecule has 0 aromatic heterocycles. The van der Waals surface area contributed by atoms with Gasteiger partial charge in [-0.1, -0.05) is 17.9 Å². The summed E-state index contributed by atoms with van der Waals surface area (Å²) in [7, 11) is -3.20. The fourth-order valence-corrected chi connectivity index (χ4v) is 3.59. The summed E-state index contributed by atoms with van der Waals surface area (Å²) in [5, 5.41) is 8.75. The molecule has 2 rings (SSSR count). The van der Waals surface area contributed by atoms with Crippen LogP contribution in [0.3, 0.4) is 0 Å². The molecule has 0 aliphatic carbocycles. The van der Waals surface area contributed by atoms with Crippen LogP contribution in [0, 0.1) is 18.8 Å². The van der Waals surface area contributed by atoms with E-state index in [1.807, 2.05) is 19.1 Å². The molecule has 0 atom stereocenters. The molecule has 4 nitrogen and oxygen atoms in total. The minimum atomic E-state index is -3.20. The fraction of sp³-hybridized carbons (Fsp3) is 0.385. The number of nitrogens with zero attached hydrogens (tertiary/aromatic N) is 1. The highest BCUT2D eigenvalue weighted by Gasteiger charge is 2.29. The number of aliphatic hydroxyl groups excluding tert-OH is 1. The van der Waals surface area contributed by atoms with Crippen LogP contribution in [-0.4, -0.2) is 32.4 Å². The van der Waals surface area contributed by atoms with Crippen LogP contribution in [0.5, 0.6) is 0 Å². The van der Waals surface area contributed by atoms with E-state index in [-0.39, 0.29) is 12.4 Å². The molecule has 1 aromatic rings. The lowest BCUT2D eigenvalue weighted by Crippen LogP contribution is -2.25. The highest BCUT2D eigenvalue weighted by Crippen LogP contribution is 2.27. The first kappa shape index (κ1) is 12.9. The monoisotopic (exact) mass is 265 g/mol. The van der Waals surface area contributed by atoms with E-state index in [0.717, 1.165) is 5.56 Å². The molecular weight excluding hydrogens is 250 g/mol. The van der Waals surface area contributed by atoms with Gasteiger partial charge in [0.15, 0.2) is 0 Å². The van der Waals surface area contributed by atoms with Crippen molar-refractivity contribution in [2.45, 2.75) is 13.3 Å². The molecule has 0 unspecified atom stereocenters. The molecule has 0 bridgehead atoms. The standard InChI is InChI=1S/C13H15NO3S/c1-11-5-6-13(12(10-11)4-2-8-15)14-7-3-9-18(14,16)17/h5-6,10,15H,3,7-9H2,1H3. The van der Waals surface area contributed by atoms with Gasteiger partial charge in [-0.25, -0.2) is 8.42 Å². The Morgan fingerprint density at radius 3 is 2.83 bits per heavy atom. The zero-order valence-electron chi connectivity index (χ0n) is 10.2. The van der Waals surface area contributed by atoms with Crippen LogP contribution in [0.4, 0.5) is 5.69 Å². The van der Waals surface area contributed by atoms with Crippen molar-refractivity contribution in [3.8, 4) is 11.8 Å². The van der Waals surface area contributed by atoms with E-state index in [1.54, 1.807) is 6.07 Å². The number of rotatable bonds is 1. The summed E-state index contributed by atoms with van der Waals surface area (Å²) in [4.78, 5) is 0. The molecular formula is C13H15NO3S. The van der Waals surface area contributed by atoms with Crippen molar-refractivity contribution in [2.75, 3.05) is 23.2 Å². The lowest BCUT2D eigenvalue weighted by molar-refractivity contribution is 0.350. The first-order chi connectivity index (χ1) is 8.54. The maximum Gasteiger partial charge on any atom is 0.235 e. The molecule has 1 heterocycles. The summed E-state index contributed by atoms with van der Waals surface area (Å²) in [6.07, 6.45) is 0.642. The molecule has 1 aliphatic heterocycles. The van der Waals surface area contributed by atoms with Gasteiger partial charge in [-0.3, -0.25) is 4.31 Å². The van der Waals surface area contributed by atoms with Crippen molar-refractivity contribution in [1.29, 1.82) is 0 Å². The Hall–Kier alpha value is -1.51. The second kappa shape index (κ2) is 5.01. The smallest absolute Gasteiger partial charge is 0.235 e. The van der Waals surface area contributed by atoms with E-state index in [2.05, 4.69) is 11.8 Å². The summed E-state index contributed by atoms with van der Waals surface area (Å²) in [6.45, 7) is 2.19. The van der Waals surface area contributed by atoms with Gasteiger partial charge < -0.3 is 5.11 Å². The molecule has 96 valence electrons. The van der Waals surface area contributed by atoms with Crippen LogP contribution in [0.25, 0.3) is 0 Å². The van der Waals surface area contributed by atoms with Gasteiger partial charge in [0.05, 0.1) is 11.4 Å². The van der Waals surface area contributed by atoms with Gasteiger partial charge in [0.1, 0.15) is 6.61 Å². The largest absolute Gasteiger partial charge is 0.384 e. The highest BCUT2D eigenvalue weighted by molar-refractivity contribution is 7.93. The second-order valence-electron chi connectivity index (χ2n) is 4.22. The quantitative estimate of drug-likeness (QED) is 0.767. The van der Waals surface area contributed by atoms with Crippen LogP contribution in [0.2, 0.25) is 0 Å². The van der Waals surface area contributed by atoms with Crippen molar-refractivity contribution in [1.82, 2.24) is 0 Å². The lowest BCUT2D eigenvalue weighted by atomic mass is 10.1. The van der Waals surface area contributed by atoms with E-state index in [4.69, 9.17) is 5.11 Å². The van der Waals surface area contributed by atoms with E-state index < -0.39 is 10.0 Å². The van der Waals surface area contributed by atoms with Crippen molar-refractivity contribution in [3.05, 3.63) is 29.3 Å². The number of benzene rings is 1. The lowest BCUT2D eigenvalue weighted by Gasteiger charge is -2.18. The van der Waals surface area contributed by atoms with Crippen LogP contribution in [-0.2, 0) is 10.0 Å². The van der Waals surface area contributed by atoms with Crippen LogP contribution >= 0.6 is 0 Å². The first-order valence-corrected chi connectivity index (χ1v) is 7.36. The van der Waals surface area contributed by atoms with Crippen molar-refractivity contribution >= 4 is 15.7 Å². The predicted molar refractivity (Wildman–Crippen MR) is 70.9 cm³/mol. The van der Waals surface area contributed by atoms with Gasteiger partial charge in [-0.05, 0) is 31.0 Å². The summed E-state index contributed by atoms with van der Waals surface area (Å²) in [5.74, 6) is 5.57. The molecule has 1 N–H and O–H groups in total. The summed E-state index contributed by atoms with van der Waals surface area (Å²) >= 11 is 0. The molecule has 18 heavy (non-hydrogen) atoms. The van der Waals surface area contributed by atoms with Crippen molar-refractivity contribution in [2.24, 2.45) is 0 Å². The molecule has 0 amide bonds. The zero-order chi connectivity index (χ0) is 13.2. The Kier molecular flexibility index (Phi) is 3.60. The molecule has 0 radical (unpaired) electrons. The third-order valence-electron chi connectivity index (χ3n) is 2.82. The number of aliphatic hydroxyl groups is 1. The van der Waals surface area contributed by atoms with Gasteiger partial charge in [0.25, 0.3) is 0 Å². The topological polar surface area (TPSA) is 57.6 Å². The zero-order valence-corrected chi connectivity index (χ0v) is 11.0. The fourth-order valence-electron chi connectivity index (χ4n) is 2.01. The van der Waals surface area contributed by atoms with Gasteiger partial charge in [0.2, 0.25) is 10.0 Å². The molecule has 1 saturated heterocycles. The van der Waals surface area contributed by atoms with Gasteiger partial charge in [-0.2, -0.15) is 0 Å². The number of hydrogen-bond donors (Lipinski definition) is 1. The number of hydrogen-bond acceptors (Lipinski definition) is 3. The van der Waals surface area contributed by atoms with Crippen LogP contribution in [0.1, 0.15) is 17.5 Å². The average Bonchev–Trinajstić information content (AvgIpc) is 2.66. The number of aryl methyl sites for hydroxylation is 1. The third-order valence-corrected chi connectivity index (χ3v) is 4.68. The van der Waals surface area contributed by atoms with E-state index >= 15 is 0 Å². The van der Waals surface area contributed by atoms with Gasteiger partial charge in [-0.15, -0.1) is 0 Å². The molecule has 0 saturated carbocycles. The van der Waals surface area contributed by atoms with E-state index in [0.29, 0.717) is 24.2 Å². The average molecular weight is 265 g/mol. The minimum Gasteiger partial charge on any atom is -0.384 e. The van der Waals surface area contributed by atoms with Crippen LogP contribution < -0.4 is 4.31 Å². The Labute approximate surface area is 107 Å². The summed E-state index contributed by atoms with van der Waals surface area (Å²) in [5.41, 5.74) is 2.27. The predicted octanol–water partition coefficient (Wildman–Crippen LogP) is 0.879. The Morgan fingerprint density at radius 1 is 1.44 bits per heavy atom. The normalized spacial score (nSPS) is 17.3. The Morgan fingerprint density at radius 2 is 2.22 bits per heavy atom.